The summed E-state index contributed by atoms with van der Waals surface area (Å²) in [6.07, 6.45) is 0.259. The van der Waals surface area contributed by atoms with Gasteiger partial charge >= 0.3 is 0 Å². The summed E-state index contributed by atoms with van der Waals surface area (Å²) in [4.78, 5) is 26.7. The normalized spacial score (nSPS) is 10.3. The number of nitrogens with zero attached hydrogens (tertiary/aromatic N) is 1. The molecule has 5 nitrogen and oxygen atoms in total. The van der Waals surface area contributed by atoms with Crippen LogP contribution in [-0.4, -0.2) is 36.9 Å². The van der Waals surface area contributed by atoms with Crippen LogP contribution in [0.15, 0.2) is 78.9 Å². The van der Waals surface area contributed by atoms with Gasteiger partial charge in [-0.15, -0.1) is 0 Å². The molecule has 0 heterocycles. The molecular weight excluding hydrogens is 376 g/mol. The van der Waals surface area contributed by atoms with Crippen molar-refractivity contribution in [1.29, 1.82) is 0 Å². The highest BCUT2D eigenvalue weighted by Crippen LogP contribution is 2.20. The summed E-state index contributed by atoms with van der Waals surface area (Å²) < 4.78 is 5.16. The van der Waals surface area contributed by atoms with Crippen LogP contribution in [0.1, 0.15) is 12.5 Å². The van der Waals surface area contributed by atoms with Crippen LogP contribution in [0.25, 0.3) is 11.1 Å². The molecule has 0 aliphatic heterocycles. The first-order valence-electron chi connectivity index (χ1n) is 9.95. The van der Waals surface area contributed by atoms with Gasteiger partial charge in [0.05, 0.1) is 20.1 Å². The fourth-order valence-electron chi connectivity index (χ4n) is 3.18. The molecule has 3 aromatic rings. The van der Waals surface area contributed by atoms with Crippen molar-refractivity contribution in [3.05, 3.63) is 84.4 Å². The number of carbonyl (C=O) groups excluding carboxylic acids is 2. The fourth-order valence-corrected chi connectivity index (χ4v) is 3.18. The standard InChI is InChI=1S/C25H26N2O3/c1-3-27(18-24(28)26-22-10-7-11-23(17-22)30-2)25(29)16-19-12-14-21(15-13-19)20-8-5-4-6-9-20/h4-15,17H,3,16,18H2,1-2H3,(H,26,28). The Morgan fingerprint density at radius 3 is 2.27 bits per heavy atom. The Kier molecular flexibility index (Phi) is 7.22. The van der Waals surface area contributed by atoms with E-state index in [0.29, 0.717) is 18.0 Å². The second kappa shape index (κ2) is 10.3. The Labute approximate surface area is 177 Å². The third kappa shape index (κ3) is 5.70. The first-order chi connectivity index (χ1) is 14.6. The van der Waals surface area contributed by atoms with Crippen LogP contribution in [0.2, 0.25) is 0 Å². The number of nitrogens with one attached hydrogen (secondary N) is 1. The molecule has 0 aromatic heterocycles. The van der Waals surface area contributed by atoms with E-state index < -0.39 is 0 Å². The number of hydrogen-bond donors (Lipinski definition) is 1. The maximum absolute atomic E-state index is 12.7. The lowest BCUT2D eigenvalue weighted by Crippen LogP contribution is -2.38. The third-order valence-corrected chi connectivity index (χ3v) is 4.84. The Morgan fingerprint density at radius 1 is 0.900 bits per heavy atom. The van der Waals surface area contributed by atoms with Gasteiger partial charge in [-0.05, 0) is 35.7 Å². The van der Waals surface area contributed by atoms with Crippen molar-refractivity contribution in [1.82, 2.24) is 4.90 Å². The van der Waals surface area contributed by atoms with E-state index >= 15 is 0 Å². The molecule has 0 atom stereocenters. The van der Waals surface area contributed by atoms with Gasteiger partial charge in [0, 0.05) is 18.3 Å². The van der Waals surface area contributed by atoms with Gasteiger partial charge in [-0.3, -0.25) is 9.59 Å². The zero-order chi connectivity index (χ0) is 21.3. The number of anilines is 1. The van der Waals surface area contributed by atoms with E-state index in [2.05, 4.69) is 17.4 Å². The molecule has 0 fully saturated rings. The van der Waals surface area contributed by atoms with E-state index in [9.17, 15) is 9.59 Å². The Morgan fingerprint density at radius 2 is 1.60 bits per heavy atom. The molecule has 2 amide bonds. The Balaban J connectivity index is 1.58. The van der Waals surface area contributed by atoms with Crippen LogP contribution in [-0.2, 0) is 16.0 Å². The Bertz CT molecular complexity index is 985. The SMILES string of the molecule is CCN(CC(=O)Nc1cccc(OC)c1)C(=O)Cc1ccc(-c2ccccc2)cc1. The summed E-state index contributed by atoms with van der Waals surface area (Å²) in [7, 11) is 1.57. The third-order valence-electron chi connectivity index (χ3n) is 4.84. The van der Waals surface area contributed by atoms with Gasteiger partial charge in [0.25, 0.3) is 0 Å². The second-order valence-electron chi connectivity index (χ2n) is 6.93. The van der Waals surface area contributed by atoms with E-state index in [1.165, 1.54) is 0 Å². The minimum Gasteiger partial charge on any atom is -0.497 e. The molecule has 30 heavy (non-hydrogen) atoms. The number of benzene rings is 3. The summed E-state index contributed by atoms with van der Waals surface area (Å²) in [5.41, 5.74) is 3.81. The number of rotatable bonds is 8. The first-order valence-corrected chi connectivity index (χ1v) is 9.95. The van der Waals surface area contributed by atoms with E-state index in [4.69, 9.17) is 4.74 Å². The number of likely N-dealkylation sites (N-methyl/N-ethyl adjacent to an activating group) is 1. The van der Waals surface area contributed by atoms with Crippen LogP contribution in [0.4, 0.5) is 5.69 Å². The van der Waals surface area contributed by atoms with Crippen molar-refractivity contribution in [2.45, 2.75) is 13.3 Å². The average molecular weight is 402 g/mol. The van der Waals surface area contributed by atoms with Crippen molar-refractivity contribution in [3.8, 4) is 16.9 Å². The molecule has 154 valence electrons. The van der Waals surface area contributed by atoms with Gasteiger partial charge in [-0.25, -0.2) is 0 Å². The number of ether oxygens (including phenoxy) is 1. The summed E-state index contributed by atoms with van der Waals surface area (Å²) in [5, 5.41) is 2.81. The molecule has 0 spiro atoms. The van der Waals surface area contributed by atoms with Gasteiger partial charge in [-0.2, -0.15) is 0 Å². The zero-order valence-electron chi connectivity index (χ0n) is 17.3. The predicted molar refractivity (Wildman–Crippen MR) is 119 cm³/mol. The molecule has 0 radical (unpaired) electrons. The maximum Gasteiger partial charge on any atom is 0.243 e. The number of carbonyl (C=O) groups is 2. The van der Waals surface area contributed by atoms with Gasteiger partial charge in [0.15, 0.2) is 0 Å². The van der Waals surface area contributed by atoms with Crippen LogP contribution < -0.4 is 10.1 Å². The molecule has 5 heteroatoms. The molecule has 0 unspecified atom stereocenters. The van der Waals surface area contributed by atoms with Gasteiger partial charge in [-0.1, -0.05) is 60.7 Å². The summed E-state index contributed by atoms with van der Waals surface area (Å²) in [6, 6.07) is 25.2. The molecule has 3 aromatic carbocycles. The predicted octanol–water partition coefficient (Wildman–Crippen LogP) is 4.39. The van der Waals surface area contributed by atoms with Gasteiger partial charge in [0.1, 0.15) is 5.75 Å². The topological polar surface area (TPSA) is 58.6 Å². The maximum atomic E-state index is 12.7. The van der Waals surface area contributed by atoms with Gasteiger partial charge in [0.2, 0.25) is 11.8 Å². The molecule has 0 aliphatic rings. The largest absolute Gasteiger partial charge is 0.497 e. The van der Waals surface area contributed by atoms with Crippen LogP contribution >= 0.6 is 0 Å². The molecule has 0 bridgehead atoms. The first kappa shape index (κ1) is 21.1. The lowest BCUT2D eigenvalue weighted by atomic mass is 10.0. The molecular formula is C25H26N2O3. The molecule has 1 N–H and O–H groups in total. The fraction of sp³-hybridized carbons (Fsp3) is 0.200. The van der Waals surface area contributed by atoms with E-state index in [0.717, 1.165) is 16.7 Å². The molecule has 0 saturated heterocycles. The van der Waals surface area contributed by atoms with Crippen molar-refractivity contribution < 1.29 is 14.3 Å². The van der Waals surface area contributed by atoms with E-state index in [1.807, 2.05) is 49.4 Å². The quantitative estimate of drug-likeness (QED) is 0.608. The summed E-state index contributed by atoms with van der Waals surface area (Å²) in [5.74, 6) is 0.346. The van der Waals surface area contributed by atoms with E-state index in [-0.39, 0.29) is 24.8 Å². The lowest BCUT2D eigenvalue weighted by molar-refractivity contribution is -0.133. The van der Waals surface area contributed by atoms with Crippen LogP contribution in [0, 0.1) is 0 Å². The number of amides is 2. The van der Waals surface area contributed by atoms with Gasteiger partial charge < -0.3 is 15.0 Å². The monoisotopic (exact) mass is 402 g/mol. The minimum absolute atomic E-state index is 0.00857. The van der Waals surface area contributed by atoms with Crippen molar-refractivity contribution >= 4 is 17.5 Å². The lowest BCUT2D eigenvalue weighted by Gasteiger charge is -2.20. The zero-order valence-corrected chi connectivity index (χ0v) is 17.3. The number of hydrogen-bond acceptors (Lipinski definition) is 3. The molecule has 0 saturated carbocycles. The highest BCUT2D eigenvalue weighted by Gasteiger charge is 2.16. The second-order valence-corrected chi connectivity index (χ2v) is 6.93. The average Bonchev–Trinajstić information content (AvgIpc) is 2.78. The summed E-state index contributed by atoms with van der Waals surface area (Å²) in [6.45, 7) is 2.34. The van der Waals surface area contributed by atoms with E-state index in [1.54, 1.807) is 36.3 Å². The Hall–Kier alpha value is -3.60. The number of methoxy groups -OCH3 is 1. The highest BCUT2D eigenvalue weighted by atomic mass is 16.5. The van der Waals surface area contributed by atoms with Crippen molar-refractivity contribution in [2.75, 3.05) is 25.5 Å². The molecule has 3 rings (SSSR count). The van der Waals surface area contributed by atoms with Crippen molar-refractivity contribution in [2.24, 2.45) is 0 Å². The van der Waals surface area contributed by atoms with Crippen LogP contribution in [0.3, 0.4) is 0 Å². The smallest absolute Gasteiger partial charge is 0.243 e. The summed E-state index contributed by atoms with van der Waals surface area (Å²) >= 11 is 0. The van der Waals surface area contributed by atoms with Crippen LogP contribution in [0.5, 0.6) is 5.75 Å². The molecule has 0 aliphatic carbocycles. The minimum atomic E-state index is -0.238. The highest BCUT2D eigenvalue weighted by molar-refractivity contribution is 5.95. The van der Waals surface area contributed by atoms with Crippen molar-refractivity contribution in [3.63, 3.8) is 0 Å².